The van der Waals surface area contributed by atoms with E-state index in [0.717, 1.165) is 35.1 Å². The Kier molecular flexibility index (Phi) is 10.8. The van der Waals surface area contributed by atoms with Crippen LogP contribution in [-0.2, 0) is 22.6 Å². The van der Waals surface area contributed by atoms with Gasteiger partial charge in [0.15, 0.2) is 6.61 Å². The van der Waals surface area contributed by atoms with Crippen LogP contribution in [0.1, 0.15) is 42.0 Å². The molecule has 0 heterocycles. The first kappa shape index (κ1) is 28.5. The van der Waals surface area contributed by atoms with Crippen molar-refractivity contribution in [3.8, 4) is 5.75 Å². The van der Waals surface area contributed by atoms with Crippen molar-refractivity contribution in [1.82, 2.24) is 10.2 Å². The second kappa shape index (κ2) is 14.1. The SMILES string of the molecule is CCCCNC(=O)[C@H](Cc1ccccc1)N(Cc1ccc(Cl)c(Cl)c1)C(=O)COc1ccc(C)c(C)c1. The Labute approximate surface area is 229 Å². The van der Waals surface area contributed by atoms with E-state index in [2.05, 4.69) is 12.2 Å². The van der Waals surface area contributed by atoms with Gasteiger partial charge < -0.3 is 15.0 Å². The number of carbonyl (C=O) groups is 2. The van der Waals surface area contributed by atoms with Gasteiger partial charge in [-0.15, -0.1) is 0 Å². The molecule has 3 aromatic carbocycles. The van der Waals surface area contributed by atoms with Crippen LogP contribution in [0.2, 0.25) is 10.0 Å². The maximum absolute atomic E-state index is 13.7. The fraction of sp³-hybridized carbons (Fsp3) is 0.333. The van der Waals surface area contributed by atoms with Crippen molar-refractivity contribution in [3.63, 3.8) is 0 Å². The summed E-state index contributed by atoms with van der Waals surface area (Å²) in [7, 11) is 0. The van der Waals surface area contributed by atoms with E-state index in [4.69, 9.17) is 27.9 Å². The summed E-state index contributed by atoms with van der Waals surface area (Å²) in [6.45, 7) is 6.63. The zero-order chi connectivity index (χ0) is 26.8. The van der Waals surface area contributed by atoms with E-state index in [1.165, 1.54) is 0 Å². The third-order valence-electron chi connectivity index (χ3n) is 6.28. The summed E-state index contributed by atoms with van der Waals surface area (Å²) in [6, 6.07) is 19.9. The predicted molar refractivity (Wildman–Crippen MR) is 150 cm³/mol. The molecule has 0 spiro atoms. The second-order valence-electron chi connectivity index (χ2n) is 9.15. The molecule has 3 aromatic rings. The van der Waals surface area contributed by atoms with Crippen molar-refractivity contribution in [1.29, 1.82) is 0 Å². The van der Waals surface area contributed by atoms with E-state index in [9.17, 15) is 9.59 Å². The molecule has 0 aliphatic carbocycles. The minimum atomic E-state index is -0.732. The first-order chi connectivity index (χ1) is 17.8. The number of aryl methyl sites for hydroxylation is 2. The lowest BCUT2D eigenvalue weighted by Gasteiger charge is -2.31. The Morgan fingerprint density at radius 2 is 1.68 bits per heavy atom. The Hall–Kier alpha value is -3.02. The van der Waals surface area contributed by atoms with Crippen LogP contribution in [-0.4, -0.2) is 35.9 Å². The van der Waals surface area contributed by atoms with Crippen LogP contribution in [0.15, 0.2) is 66.7 Å². The largest absolute Gasteiger partial charge is 0.484 e. The molecular weight excluding hydrogens is 507 g/mol. The van der Waals surface area contributed by atoms with Crippen LogP contribution in [0.3, 0.4) is 0 Å². The van der Waals surface area contributed by atoms with Crippen LogP contribution in [0, 0.1) is 13.8 Å². The number of amides is 2. The van der Waals surface area contributed by atoms with Gasteiger partial charge in [-0.3, -0.25) is 9.59 Å². The third-order valence-corrected chi connectivity index (χ3v) is 7.02. The molecule has 3 rings (SSSR count). The maximum Gasteiger partial charge on any atom is 0.261 e. The van der Waals surface area contributed by atoms with Crippen molar-refractivity contribution < 1.29 is 14.3 Å². The highest BCUT2D eigenvalue weighted by Crippen LogP contribution is 2.24. The highest BCUT2D eigenvalue weighted by atomic mass is 35.5. The molecule has 0 aliphatic rings. The van der Waals surface area contributed by atoms with E-state index in [-0.39, 0.29) is 25.0 Å². The van der Waals surface area contributed by atoms with E-state index in [1.807, 2.05) is 68.4 Å². The molecule has 37 heavy (non-hydrogen) atoms. The van der Waals surface area contributed by atoms with E-state index >= 15 is 0 Å². The van der Waals surface area contributed by atoms with Gasteiger partial charge in [-0.1, -0.05) is 79.0 Å². The van der Waals surface area contributed by atoms with Crippen molar-refractivity contribution in [3.05, 3.63) is 99.0 Å². The molecule has 1 atom stereocenters. The van der Waals surface area contributed by atoms with Gasteiger partial charge in [0.25, 0.3) is 5.91 Å². The number of benzene rings is 3. The molecule has 0 bridgehead atoms. The summed E-state index contributed by atoms with van der Waals surface area (Å²) in [5, 5.41) is 3.84. The lowest BCUT2D eigenvalue weighted by atomic mass is 10.0. The van der Waals surface area contributed by atoms with Gasteiger partial charge in [0.2, 0.25) is 5.91 Å². The quantitative estimate of drug-likeness (QED) is 0.265. The highest BCUT2D eigenvalue weighted by molar-refractivity contribution is 6.42. The van der Waals surface area contributed by atoms with Gasteiger partial charge in [-0.05, 0) is 66.8 Å². The van der Waals surface area contributed by atoms with Crippen LogP contribution >= 0.6 is 23.2 Å². The topological polar surface area (TPSA) is 58.6 Å². The fourth-order valence-corrected chi connectivity index (χ4v) is 4.25. The Morgan fingerprint density at radius 3 is 2.35 bits per heavy atom. The summed E-state index contributed by atoms with van der Waals surface area (Å²) < 4.78 is 5.87. The third kappa shape index (κ3) is 8.51. The number of nitrogens with zero attached hydrogens (tertiary/aromatic N) is 1. The standard InChI is InChI=1S/C30H34Cl2N2O3/c1-4-5-15-33-30(36)28(18-23-9-7-6-8-10-23)34(19-24-12-14-26(31)27(32)17-24)29(35)20-37-25-13-11-21(2)22(3)16-25/h6-14,16-17,28H,4-5,15,18-20H2,1-3H3,(H,33,36)/t28-/m0/s1. The summed E-state index contributed by atoms with van der Waals surface area (Å²) in [4.78, 5) is 28.7. The maximum atomic E-state index is 13.7. The lowest BCUT2D eigenvalue weighted by Crippen LogP contribution is -2.51. The summed E-state index contributed by atoms with van der Waals surface area (Å²) in [5.41, 5.74) is 3.95. The Morgan fingerprint density at radius 1 is 0.919 bits per heavy atom. The van der Waals surface area contributed by atoms with E-state index < -0.39 is 6.04 Å². The number of ether oxygens (including phenoxy) is 1. The van der Waals surface area contributed by atoms with Gasteiger partial charge in [-0.25, -0.2) is 0 Å². The van der Waals surface area contributed by atoms with Gasteiger partial charge in [0.05, 0.1) is 10.0 Å². The molecule has 0 fully saturated rings. The molecule has 7 heteroatoms. The first-order valence-electron chi connectivity index (χ1n) is 12.5. The summed E-state index contributed by atoms with van der Waals surface area (Å²) in [5.74, 6) is 0.116. The summed E-state index contributed by atoms with van der Waals surface area (Å²) >= 11 is 12.4. The minimum absolute atomic E-state index is 0.185. The molecule has 5 nitrogen and oxygen atoms in total. The number of hydrogen-bond donors (Lipinski definition) is 1. The van der Waals surface area contributed by atoms with Crippen LogP contribution < -0.4 is 10.1 Å². The number of carbonyl (C=O) groups excluding carboxylic acids is 2. The normalized spacial score (nSPS) is 11.6. The Bertz CT molecular complexity index is 1200. The summed E-state index contributed by atoms with van der Waals surface area (Å²) in [6.07, 6.45) is 2.19. The lowest BCUT2D eigenvalue weighted by molar-refractivity contribution is -0.142. The van der Waals surface area contributed by atoms with Crippen LogP contribution in [0.25, 0.3) is 0 Å². The minimum Gasteiger partial charge on any atom is -0.484 e. The average molecular weight is 542 g/mol. The molecule has 0 unspecified atom stereocenters. The van der Waals surface area contributed by atoms with Gasteiger partial charge >= 0.3 is 0 Å². The monoisotopic (exact) mass is 540 g/mol. The molecule has 0 aliphatic heterocycles. The number of halogens is 2. The van der Waals surface area contributed by atoms with Crippen molar-refractivity contribution in [2.75, 3.05) is 13.2 Å². The number of rotatable bonds is 12. The molecule has 0 aromatic heterocycles. The van der Waals surface area contributed by atoms with Crippen molar-refractivity contribution in [2.45, 2.75) is 52.6 Å². The fourth-order valence-electron chi connectivity index (χ4n) is 3.93. The molecule has 196 valence electrons. The average Bonchev–Trinajstić information content (AvgIpc) is 2.89. The van der Waals surface area contributed by atoms with Crippen LogP contribution in [0.5, 0.6) is 5.75 Å². The number of nitrogens with one attached hydrogen (secondary N) is 1. The second-order valence-corrected chi connectivity index (χ2v) is 9.97. The molecule has 2 amide bonds. The Balaban J connectivity index is 1.91. The van der Waals surface area contributed by atoms with Crippen molar-refractivity contribution in [2.24, 2.45) is 0 Å². The molecule has 0 radical (unpaired) electrons. The highest BCUT2D eigenvalue weighted by Gasteiger charge is 2.30. The zero-order valence-electron chi connectivity index (χ0n) is 21.6. The van der Waals surface area contributed by atoms with Crippen LogP contribution in [0.4, 0.5) is 0 Å². The van der Waals surface area contributed by atoms with Gasteiger partial charge in [0.1, 0.15) is 11.8 Å². The molecule has 1 N–H and O–H groups in total. The van der Waals surface area contributed by atoms with E-state index in [1.54, 1.807) is 17.0 Å². The van der Waals surface area contributed by atoms with Crippen molar-refractivity contribution >= 4 is 35.0 Å². The van der Waals surface area contributed by atoms with Gasteiger partial charge in [0, 0.05) is 19.5 Å². The molecule has 0 saturated carbocycles. The molecular formula is C30H34Cl2N2O3. The van der Waals surface area contributed by atoms with Gasteiger partial charge in [-0.2, -0.15) is 0 Å². The first-order valence-corrected chi connectivity index (χ1v) is 13.3. The number of hydrogen-bond acceptors (Lipinski definition) is 3. The smallest absolute Gasteiger partial charge is 0.261 e. The zero-order valence-corrected chi connectivity index (χ0v) is 23.1. The van der Waals surface area contributed by atoms with E-state index in [0.29, 0.717) is 28.8 Å². The molecule has 0 saturated heterocycles. The predicted octanol–water partition coefficient (Wildman–Crippen LogP) is 6.55. The number of unbranched alkanes of at least 4 members (excludes halogenated alkanes) is 1.